The van der Waals surface area contributed by atoms with E-state index in [2.05, 4.69) is 194 Å². The molecule has 0 fully saturated rings. The Bertz CT molecular complexity index is 3500. The quantitative estimate of drug-likeness (QED) is 0.180. The first-order valence-corrected chi connectivity index (χ1v) is 20.9. The van der Waals surface area contributed by atoms with E-state index in [1.54, 1.807) is 11.3 Å². The maximum absolute atomic E-state index is 6.64. The third-order valence-corrected chi connectivity index (χ3v) is 13.7. The summed E-state index contributed by atoms with van der Waals surface area (Å²) < 4.78 is 8.94. The highest BCUT2D eigenvalue weighted by Gasteiger charge is 2.51. The van der Waals surface area contributed by atoms with E-state index in [9.17, 15) is 0 Å². The number of hydrogen-bond donors (Lipinski definition) is 0. The van der Waals surface area contributed by atoms with Crippen molar-refractivity contribution in [3.8, 4) is 56.4 Å². The minimum Gasteiger partial charge on any atom is -0.457 e. The van der Waals surface area contributed by atoms with Gasteiger partial charge < -0.3 is 4.74 Å². The molecule has 1 spiro atoms. The number of aromatic nitrogens is 2. The van der Waals surface area contributed by atoms with Gasteiger partial charge in [0.15, 0.2) is 5.82 Å². The lowest BCUT2D eigenvalue weighted by Crippen LogP contribution is -2.32. The van der Waals surface area contributed by atoms with Crippen LogP contribution in [0.4, 0.5) is 0 Å². The Kier molecular flexibility index (Phi) is 6.81. The van der Waals surface area contributed by atoms with Crippen molar-refractivity contribution in [1.29, 1.82) is 0 Å². The standard InChI is InChI=1S/C55H32N2OS/c1-3-15-38-33(12-1)14-11-18-39(38)35-24-26-36(27-25-35)54-56-51(53-52(57-54)41-17-5-10-23-49(41)59-53)37-29-30-43-42(32-37)50-40-16-4-2-13-34(40)28-31-46(50)55(43)44-19-6-8-21-47(44)58-48-22-9-7-20-45(48)55/h1-32H. The van der Waals surface area contributed by atoms with Crippen LogP contribution in [0.2, 0.25) is 0 Å². The molecule has 59 heavy (non-hydrogen) atoms. The van der Waals surface area contributed by atoms with Crippen LogP contribution in [0.5, 0.6) is 11.5 Å². The Labute approximate surface area is 344 Å². The minimum absolute atomic E-state index is 0.561. The van der Waals surface area contributed by atoms with Crippen molar-refractivity contribution in [3.63, 3.8) is 0 Å². The molecule has 0 radical (unpaired) electrons. The van der Waals surface area contributed by atoms with E-state index < -0.39 is 5.41 Å². The van der Waals surface area contributed by atoms with E-state index in [1.807, 2.05) is 0 Å². The SMILES string of the molecule is c1ccc2c(c1)Oc1ccccc1C21c2ccc(-c3nc(-c4ccc(-c5cccc6ccccc56)cc4)nc4c3sc3ccccc34)cc2-c2c1ccc1ccccc21. The molecular weight excluding hydrogens is 737 g/mol. The van der Waals surface area contributed by atoms with Gasteiger partial charge in [-0.1, -0.05) is 170 Å². The molecule has 0 N–H and O–H groups in total. The van der Waals surface area contributed by atoms with Gasteiger partial charge in [0.2, 0.25) is 0 Å². The molecule has 1 aliphatic heterocycles. The molecule has 0 unspecified atom stereocenters. The summed E-state index contributed by atoms with van der Waals surface area (Å²) in [5.41, 5.74) is 13.1. The third-order valence-electron chi connectivity index (χ3n) is 12.6. The van der Waals surface area contributed by atoms with E-state index >= 15 is 0 Å². The summed E-state index contributed by atoms with van der Waals surface area (Å²) in [5, 5.41) is 6.09. The Morgan fingerprint density at radius 2 is 1.03 bits per heavy atom. The number of para-hydroxylation sites is 2. The van der Waals surface area contributed by atoms with E-state index in [0.717, 1.165) is 60.9 Å². The highest BCUT2D eigenvalue weighted by Crippen LogP contribution is 2.63. The van der Waals surface area contributed by atoms with Crippen LogP contribution in [-0.4, -0.2) is 9.97 Å². The van der Waals surface area contributed by atoms with Gasteiger partial charge in [0.05, 0.1) is 21.3 Å². The van der Waals surface area contributed by atoms with Crippen LogP contribution >= 0.6 is 11.3 Å². The van der Waals surface area contributed by atoms with E-state index in [1.165, 1.54) is 59.6 Å². The van der Waals surface area contributed by atoms with Crippen LogP contribution in [0.15, 0.2) is 194 Å². The molecule has 0 atom stereocenters. The number of fused-ring (bicyclic) bond motifs is 15. The zero-order chi connectivity index (χ0) is 38.7. The van der Waals surface area contributed by atoms with Gasteiger partial charge in [0.25, 0.3) is 0 Å². The molecule has 0 amide bonds. The highest BCUT2D eigenvalue weighted by atomic mass is 32.1. The molecular formula is C55H32N2OS. The second-order valence-corrected chi connectivity index (χ2v) is 16.6. The van der Waals surface area contributed by atoms with Crippen molar-refractivity contribution in [1.82, 2.24) is 9.97 Å². The minimum atomic E-state index is -0.561. The summed E-state index contributed by atoms with van der Waals surface area (Å²) in [7, 11) is 0. The van der Waals surface area contributed by atoms with Crippen molar-refractivity contribution in [2.45, 2.75) is 5.41 Å². The van der Waals surface area contributed by atoms with Gasteiger partial charge in [0.1, 0.15) is 11.5 Å². The number of rotatable bonds is 3. The topological polar surface area (TPSA) is 35.0 Å². The summed E-state index contributed by atoms with van der Waals surface area (Å²) in [6.07, 6.45) is 0. The van der Waals surface area contributed by atoms with Crippen LogP contribution in [0.25, 0.3) is 86.7 Å². The Morgan fingerprint density at radius 3 is 1.83 bits per heavy atom. The molecule has 0 saturated heterocycles. The van der Waals surface area contributed by atoms with Gasteiger partial charge in [-0.15, -0.1) is 11.3 Å². The lowest BCUT2D eigenvalue weighted by molar-refractivity contribution is 0.436. The fraction of sp³-hybridized carbons (Fsp3) is 0.0182. The lowest BCUT2D eigenvalue weighted by Gasteiger charge is -2.39. The van der Waals surface area contributed by atoms with E-state index in [4.69, 9.17) is 14.7 Å². The molecule has 0 bridgehead atoms. The number of nitrogens with zero attached hydrogens (tertiary/aromatic N) is 2. The second kappa shape index (κ2) is 12.3. The van der Waals surface area contributed by atoms with Gasteiger partial charge in [-0.3, -0.25) is 0 Å². The highest BCUT2D eigenvalue weighted by molar-refractivity contribution is 7.26. The molecule has 0 saturated carbocycles. The molecule has 3 nitrogen and oxygen atoms in total. The summed E-state index contributed by atoms with van der Waals surface area (Å²) in [4.78, 5) is 10.8. The third kappa shape index (κ3) is 4.58. The zero-order valence-electron chi connectivity index (χ0n) is 31.7. The van der Waals surface area contributed by atoms with Gasteiger partial charge >= 0.3 is 0 Å². The molecule has 1 aliphatic carbocycles. The van der Waals surface area contributed by atoms with Crippen molar-refractivity contribution >= 4 is 53.2 Å². The summed E-state index contributed by atoms with van der Waals surface area (Å²) in [5.74, 6) is 2.50. The Hall–Kier alpha value is -7.40. The smallest absolute Gasteiger partial charge is 0.160 e. The molecule has 3 heterocycles. The first-order chi connectivity index (χ1) is 29.2. The van der Waals surface area contributed by atoms with Gasteiger partial charge in [0, 0.05) is 32.3 Å². The fourth-order valence-corrected chi connectivity index (χ4v) is 11.2. The Balaban J connectivity index is 1.06. The van der Waals surface area contributed by atoms with Crippen LogP contribution < -0.4 is 4.74 Å². The lowest BCUT2D eigenvalue weighted by atomic mass is 9.66. The first kappa shape index (κ1) is 32.7. The summed E-state index contributed by atoms with van der Waals surface area (Å²) in [6.45, 7) is 0. The molecule has 13 rings (SSSR count). The largest absolute Gasteiger partial charge is 0.457 e. The van der Waals surface area contributed by atoms with Gasteiger partial charge in [-0.2, -0.15) is 0 Å². The maximum atomic E-state index is 6.64. The second-order valence-electron chi connectivity index (χ2n) is 15.6. The van der Waals surface area contributed by atoms with Crippen LogP contribution in [-0.2, 0) is 5.41 Å². The average Bonchev–Trinajstić information content (AvgIpc) is 3.82. The molecule has 2 aromatic heterocycles. The number of thiophene rings is 1. The normalized spacial score (nSPS) is 13.4. The Morgan fingerprint density at radius 1 is 0.424 bits per heavy atom. The summed E-state index contributed by atoms with van der Waals surface area (Å²) in [6, 6.07) is 70.0. The van der Waals surface area contributed by atoms with Crippen molar-refractivity contribution in [2.24, 2.45) is 0 Å². The number of hydrogen-bond acceptors (Lipinski definition) is 4. The average molecular weight is 769 g/mol. The van der Waals surface area contributed by atoms with Crippen molar-refractivity contribution in [3.05, 3.63) is 216 Å². The predicted octanol–water partition coefficient (Wildman–Crippen LogP) is 14.6. The van der Waals surface area contributed by atoms with E-state index in [-0.39, 0.29) is 0 Å². The number of ether oxygens (including phenoxy) is 1. The monoisotopic (exact) mass is 768 g/mol. The van der Waals surface area contributed by atoms with E-state index in [0.29, 0.717) is 0 Å². The molecule has 274 valence electrons. The summed E-state index contributed by atoms with van der Waals surface area (Å²) >= 11 is 1.77. The molecule has 4 heteroatoms. The maximum Gasteiger partial charge on any atom is 0.160 e. The van der Waals surface area contributed by atoms with Crippen molar-refractivity contribution < 1.29 is 4.74 Å². The molecule has 2 aliphatic rings. The van der Waals surface area contributed by atoms with Gasteiger partial charge in [-0.05, 0) is 79.2 Å². The fourth-order valence-electron chi connectivity index (χ4n) is 10.0. The zero-order valence-corrected chi connectivity index (χ0v) is 32.5. The number of benzene rings is 9. The molecule has 9 aromatic carbocycles. The van der Waals surface area contributed by atoms with Crippen LogP contribution in [0.1, 0.15) is 22.3 Å². The molecule has 11 aromatic rings. The van der Waals surface area contributed by atoms with Crippen LogP contribution in [0.3, 0.4) is 0 Å². The predicted molar refractivity (Wildman–Crippen MR) is 244 cm³/mol. The van der Waals surface area contributed by atoms with Crippen LogP contribution in [0, 0.1) is 0 Å². The van der Waals surface area contributed by atoms with Crippen molar-refractivity contribution in [2.75, 3.05) is 0 Å². The van der Waals surface area contributed by atoms with Gasteiger partial charge in [-0.25, -0.2) is 9.97 Å². The first-order valence-electron chi connectivity index (χ1n) is 20.1.